The van der Waals surface area contributed by atoms with Crippen LogP contribution < -0.4 is 15.8 Å². The van der Waals surface area contributed by atoms with Crippen molar-refractivity contribution in [2.75, 3.05) is 26.7 Å². The van der Waals surface area contributed by atoms with Gasteiger partial charge in [-0.15, -0.1) is 0 Å². The number of likely N-dealkylation sites (N-methyl/N-ethyl adjacent to an activating group) is 1. The molecule has 1 atom stereocenters. The topological polar surface area (TPSA) is 67.6 Å². The van der Waals surface area contributed by atoms with E-state index in [2.05, 4.69) is 10.2 Å². The van der Waals surface area contributed by atoms with Crippen molar-refractivity contribution >= 4 is 5.91 Å². The Morgan fingerprint density at radius 2 is 2.29 bits per heavy atom. The zero-order valence-corrected chi connectivity index (χ0v) is 12.7. The highest BCUT2D eigenvalue weighted by Crippen LogP contribution is 2.19. The van der Waals surface area contributed by atoms with E-state index in [1.54, 1.807) is 7.05 Å². The summed E-state index contributed by atoms with van der Waals surface area (Å²) in [5.41, 5.74) is 6.72. The maximum Gasteiger partial charge on any atom is 0.237 e. The normalized spacial score (nSPS) is 18.7. The Kier molecular flexibility index (Phi) is 6.02. The Balaban J connectivity index is 1.75. The molecule has 1 saturated heterocycles. The molecule has 0 saturated carbocycles. The van der Waals surface area contributed by atoms with E-state index in [9.17, 15) is 4.79 Å². The molecule has 1 aromatic rings. The number of nitrogens with zero attached hydrogens (tertiary/aromatic N) is 1. The number of nitrogens with one attached hydrogen (secondary N) is 1. The highest BCUT2D eigenvalue weighted by molar-refractivity contribution is 5.81. The van der Waals surface area contributed by atoms with Crippen LogP contribution in [0.3, 0.4) is 0 Å². The number of benzene rings is 1. The quantitative estimate of drug-likeness (QED) is 0.739. The van der Waals surface area contributed by atoms with Crippen molar-refractivity contribution in [2.24, 2.45) is 5.73 Å². The van der Waals surface area contributed by atoms with Gasteiger partial charge in [0.05, 0.1) is 12.6 Å². The zero-order valence-electron chi connectivity index (χ0n) is 12.7. The number of carbonyl (C=O) groups excluding carboxylic acids is 1. The van der Waals surface area contributed by atoms with Crippen LogP contribution >= 0.6 is 0 Å². The second-order valence-corrected chi connectivity index (χ2v) is 5.32. The highest BCUT2D eigenvalue weighted by atomic mass is 16.5. The number of nitrogens with two attached hydrogens (primary N) is 1. The number of hydrogen-bond donors (Lipinski definition) is 2. The molecule has 2 rings (SSSR count). The number of para-hydroxylation sites is 1. The number of carbonyl (C=O) groups is 1. The van der Waals surface area contributed by atoms with Crippen molar-refractivity contribution in [2.45, 2.75) is 31.8 Å². The van der Waals surface area contributed by atoms with Crippen LogP contribution in [0.25, 0.3) is 0 Å². The van der Waals surface area contributed by atoms with Crippen molar-refractivity contribution < 1.29 is 9.53 Å². The Morgan fingerprint density at radius 1 is 1.48 bits per heavy atom. The third-order valence-corrected chi connectivity index (χ3v) is 3.95. The maximum atomic E-state index is 11.8. The summed E-state index contributed by atoms with van der Waals surface area (Å²) in [4.78, 5) is 14.0. The minimum absolute atomic E-state index is 0.0336. The lowest BCUT2D eigenvalue weighted by Gasteiger charge is -2.23. The molecule has 116 valence electrons. The first-order chi connectivity index (χ1) is 10.3. The third-order valence-electron chi connectivity index (χ3n) is 3.95. The smallest absolute Gasteiger partial charge is 0.237 e. The van der Waals surface area contributed by atoms with Gasteiger partial charge in [-0.25, -0.2) is 0 Å². The molecule has 1 aliphatic heterocycles. The van der Waals surface area contributed by atoms with Gasteiger partial charge >= 0.3 is 0 Å². The van der Waals surface area contributed by atoms with Gasteiger partial charge < -0.3 is 15.8 Å². The largest absolute Gasteiger partial charge is 0.493 e. The number of amides is 1. The van der Waals surface area contributed by atoms with Gasteiger partial charge in [-0.05, 0) is 31.9 Å². The molecule has 3 N–H and O–H groups in total. The summed E-state index contributed by atoms with van der Waals surface area (Å²) in [6.45, 7) is 3.02. The van der Waals surface area contributed by atoms with Crippen LogP contribution in [-0.4, -0.2) is 43.6 Å². The molecule has 5 nitrogen and oxygen atoms in total. The van der Waals surface area contributed by atoms with Crippen LogP contribution in [0.5, 0.6) is 5.75 Å². The summed E-state index contributed by atoms with van der Waals surface area (Å²) in [5.74, 6) is 0.992. The van der Waals surface area contributed by atoms with E-state index in [0.29, 0.717) is 13.2 Å². The lowest BCUT2D eigenvalue weighted by Crippen LogP contribution is -2.42. The molecule has 1 fully saturated rings. The zero-order chi connectivity index (χ0) is 15.1. The lowest BCUT2D eigenvalue weighted by molar-refractivity contribution is -0.125. The summed E-state index contributed by atoms with van der Waals surface area (Å²) in [7, 11) is 1.70. The summed E-state index contributed by atoms with van der Waals surface area (Å²) < 4.78 is 5.80. The molecule has 21 heavy (non-hydrogen) atoms. The van der Waals surface area contributed by atoms with Crippen molar-refractivity contribution in [3.63, 3.8) is 0 Å². The van der Waals surface area contributed by atoms with Crippen LogP contribution in [0, 0.1) is 0 Å². The number of rotatable bonds is 7. The van der Waals surface area contributed by atoms with Gasteiger partial charge in [-0.2, -0.15) is 0 Å². The molecule has 0 spiro atoms. The molecule has 0 aliphatic carbocycles. The van der Waals surface area contributed by atoms with Gasteiger partial charge in [-0.3, -0.25) is 9.69 Å². The number of ether oxygens (including phenoxy) is 1. The van der Waals surface area contributed by atoms with Gasteiger partial charge in [0.15, 0.2) is 0 Å². The minimum atomic E-state index is 0.0336. The van der Waals surface area contributed by atoms with Crippen molar-refractivity contribution in [3.05, 3.63) is 29.8 Å². The van der Waals surface area contributed by atoms with E-state index < -0.39 is 0 Å². The van der Waals surface area contributed by atoms with Crippen LogP contribution in [0.2, 0.25) is 0 Å². The SMILES string of the molecule is CNC(=O)C1CCCN1CCCOc1ccccc1CN. The maximum absolute atomic E-state index is 11.8. The average molecular weight is 291 g/mol. The molecule has 1 aliphatic rings. The molecule has 1 amide bonds. The second kappa shape index (κ2) is 8.00. The van der Waals surface area contributed by atoms with E-state index in [1.165, 1.54) is 0 Å². The lowest BCUT2D eigenvalue weighted by atomic mass is 10.2. The first kappa shape index (κ1) is 15.8. The molecular formula is C16H25N3O2. The molecule has 0 bridgehead atoms. The summed E-state index contributed by atoms with van der Waals surface area (Å²) >= 11 is 0. The van der Waals surface area contributed by atoms with Crippen LogP contribution in [-0.2, 0) is 11.3 Å². The summed E-state index contributed by atoms with van der Waals surface area (Å²) in [5, 5.41) is 2.74. The molecule has 5 heteroatoms. The van der Waals surface area contributed by atoms with E-state index in [0.717, 1.165) is 43.7 Å². The first-order valence-electron chi connectivity index (χ1n) is 7.62. The van der Waals surface area contributed by atoms with E-state index in [1.807, 2.05) is 24.3 Å². The molecule has 1 unspecified atom stereocenters. The van der Waals surface area contributed by atoms with Crippen molar-refractivity contribution in [1.82, 2.24) is 10.2 Å². The second-order valence-electron chi connectivity index (χ2n) is 5.32. The Hall–Kier alpha value is -1.59. The third kappa shape index (κ3) is 4.19. The predicted octanol–water partition coefficient (Wildman–Crippen LogP) is 1.12. The Morgan fingerprint density at radius 3 is 3.05 bits per heavy atom. The molecule has 1 aromatic carbocycles. The molecule has 1 heterocycles. The Bertz CT molecular complexity index is 465. The highest BCUT2D eigenvalue weighted by Gasteiger charge is 2.29. The molecular weight excluding hydrogens is 266 g/mol. The van der Waals surface area contributed by atoms with Gasteiger partial charge in [0.2, 0.25) is 5.91 Å². The van der Waals surface area contributed by atoms with Crippen LogP contribution in [0.15, 0.2) is 24.3 Å². The fourth-order valence-electron chi connectivity index (χ4n) is 2.82. The minimum Gasteiger partial charge on any atom is -0.493 e. The van der Waals surface area contributed by atoms with Crippen molar-refractivity contribution in [3.8, 4) is 5.75 Å². The van der Waals surface area contributed by atoms with Gasteiger partial charge in [0, 0.05) is 25.7 Å². The van der Waals surface area contributed by atoms with Gasteiger partial charge in [-0.1, -0.05) is 18.2 Å². The van der Waals surface area contributed by atoms with Crippen LogP contribution in [0.4, 0.5) is 0 Å². The standard InChI is InChI=1S/C16H25N3O2/c1-18-16(20)14-7-4-9-19(14)10-5-11-21-15-8-3-2-6-13(15)12-17/h2-3,6,8,14H,4-5,7,9-12,17H2,1H3,(H,18,20). The van der Waals surface area contributed by atoms with E-state index in [-0.39, 0.29) is 11.9 Å². The van der Waals surface area contributed by atoms with Crippen LogP contribution in [0.1, 0.15) is 24.8 Å². The molecule has 0 radical (unpaired) electrons. The van der Waals surface area contributed by atoms with Gasteiger partial charge in [0.25, 0.3) is 0 Å². The van der Waals surface area contributed by atoms with E-state index >= 15 is 0 Å². The first-order valence-corrected chi connectivity index (χ1v) is 7.62. The monoisotopic (exact) mass is 291 g/mol. The van der Waals surface area contributed by atoms with Gasteiger partial charge in [0.1, 0.15) is 5.75 Å². The number of likely N-dealkylation sites (tertiary alicyclic amines) is 1. The Labute approximate surface area is 126 Å². The fourth-order valence-corrected chi connectivity index (χ4v) is 2.82. The predicted molar refractivity (Wildman–Crippen MR) is 83.1 cm³/mol. The fraction of sp³-hybridized carbons (Fsp3) is 0.562. The summed E-state index contributed by atoms with van der Waals surface area (Å²) in [6, 6.07) is 7.89. The molecule has 0 aromatic heterocycles. The van der Waals surface area contributed by atoms with Crippen molar-refractivity contribution in [1.29, 1.82) is 0 Å². The average Bonchev–Trinajstić information content (AvgIpc) is 2.99. The summed E-state index contributed by atoms with van der Waals surface area (Å²) in [6.07, 6.45) is 2.96. The van der Waals surface area contributed by atoms with E-state index in [4.69, 9.17) is 10.5 Å². The number of hydrogen-bond acceptors (Lipinski definition) is 4.